The molecule has 166 valence electrons. The van der Waals surface area contributed by atoms with Crippen LogP contribution in [0.2, 0.25) is 0 Å². The molecule has 4 nitrogen and oxygen atoms in total. The van der Waals surface area contributed by atoms with E-state index in [0.29, 0.717) is 25.4 Å². The maximum Gasteiger partial charge on any atom is 0.232 e. The van der Waals surface area contributed by atoms with Crippen molar-refractivity contribution in [3.8, 4) is 11.5 Å². The molecule has 0 N–H and O–H groups in total. The Morgan fingerprint density at radius 1 is 0.906 bits per heavy atom. The van der Waals surface area contributed by atoms with E-state index in [0.717, 1.165) is 34.5 Å². The molecule has 0 spiro atoms. The zero-order valence-corrected chi connectivity index (χ0v) is 19.4. The summed E-state index contributed by atoms with van der Waals surface area (Å²) in [4.78, 5) is 15.5. The molecule has 4 rings (SSSR count). The fourth-order valence-corrected chi connectivity index (χ4v) is 4.45. The molecule has 0 saturated carbocycles. The van der Waals surface area contributed by atoms with Crippen LogP contribution in [0.15, 0.2) is 60.7 Å². The van der Waals surface area contributed by atoms with Gasteiger partial charge in [0.2, 0.25) is 5.91 Å². The number of benzene rings is 3. The molecular weight excluding hydrogens is 398 g/mol. The van der Waals surface area contributed by atoms with Gasteiger partial charge in [0, 0.05) is 5.69 Å². The van der Waals surface area contributed by atoms with Gasteiger partial charge in [0.05, 0.1) is 25.7 Å². The van der Waals surface area contributed by atoms with Gasteiger partial charge in [0.25, 0.3) is 0 Å². The number of ether oxygens (including phenoxy) is 2. The Labute approximate surface area is 190 Å². The summed E-state index contributed by atoms with van der Waals surface area (Å²) < 4.78 is 11.8. The lowest BCUT2D eigenvalue weighted by Crippen LogP contribution is -2.41. The first-order valence-electron chi connectivity index (χ1n) is 11.5. The second-order valence-corrected chi connectivity index (χ2v) is 8.14. The van der Waals surface area contributed by atoms with Crippen LogP contribution in [0.25, 0.3) is 0 Å². The van der Waals surface area contributed by atoms with Crippen molar-refractivity contribution in [2.24, 2.45) is 0 Å². The zero-order valence-electron chi connectivity index (χ0n) is 19.4. The molecule has 1 amide bonds. The summed E-state index contributed by atoms with van der Waals surface area (Å²) in [6.07, 6.45) is 1.30. The number of hydrogen-bond acceptors (Lipinski definition) is 3. The average molecular weight is 430 g/mol. The van der Waals surface area contributed by atoms with Gasteiger partial charge in [-0.1, -0.05) is 48.9 Å². The number of carbonyl (C=O) groups is 1. The molecule has 0 aromatic heterocycles. The molecule has 32 heavy (non-hydrogen) atoms. The Kier molecular flexibility index (Phi) is 6.50. The highest BCUT2D eigenvalue weighted by Gasteiger charge is 2.36. The quantitative estimate of drug-likeness (QED) is 0.460. The van der Waals surface area contributed by atoms with Crippen LogP contribution >= 0.6 is 0 Å². The summed E-state index contributed by atoms with van der Waals surface area (Å²) in [5.74, 6) is 1.51. The predicted octanol–water partition coefficient (Wildman–Crippen LogP) is 6.03. The first-order valence-corrected chi connectivity index (χ1v) is 11.5. The summed E-state index contributed by atoms with van der Waals surface area (Å²) in [6.45, 7) is 9.24. The van der Waals surface area contributed by atoms with Gasteiger partial charge in [-0.3, -0.25) is 4.79 Å². The van der Waals surface area contributed by atoms with Gasteiger partial charge in [0.15, 0.2) is 11.5 Å². The summed E-state index contributed by atoms with van der Waals surface area (Å²) in [7, 11) is 0. The second-order valence-electron chi connectivity index (χ2n) is 8.14. The molecule has 3 aromatic carbocycles. The third-order valence-corrected chi connectivity index (χ3v) is 5.95. The number of amides is 1. The lowest BCUT2D eigenvalue weighted by molar-refractivity contribution is -0.118. The highest BCUT2D eigenvalue weighted by atomic mass is 16.5. The molecule has 0 fully saturated rings. The van der Waals surface area contributed by atoms with E-state index in [9.17, 15) is 4.79 Å². The molecule has 0 aliphatic carbocycles. The maximum atomic E-state index is 13.5. The van der Waals surface area contributed by atoms with Crippen molar-refractivity contribution >= 4 is 11.6 Å². The highest BCUT2D eigenvalue weighted by Crippen LogP contribution is 2.43. The number of fused-ring (bicyclic) bond motifs is 1. The van der Waals surface area contributed by atoms with E-state index < -0.39 is 0 Å². The van der Waals surface area contributed by atoms with Crippen LogP contribution in [0.1, 0.15) is 54.6 Å². The van der Waals surface area contributed by atoms with E-state index in [4.69, 9.17) is 9.47 Å². The summed E-state index contributed by atoms with van der Waals surface area (Å²) >= 11 is 0. The van der Waals surface area contributed by atoms with Gasteiger partial charge >= 0.3 is 0 Å². The van der Waals surface area contributed by atoms with Crippen molar-refractivity contribution in [3.63, 3.8) is 0 Å². The van der Waals surface area contributed by atoms with Crippen LogP contribution in [0.3, 0.4) is 0 Å². The average Bonchev–Trinajstić information content (AvgIpc) is 2.79. The van der Waals surface area contributed by atoms with Gasteiger partial charge in [0.1, 0.15) is 0 Å². The Hall–Kier alpha value is -3.27. The molecule has 0 unspecified atom stereocenters. The van der Waals surface area contributed by atoms with Crippen molar-refractivity contribution in [1.82, 2.24) is 0 Å². The molecule has 0 radical (unpaired) electrons. The lowest BCUT2D eigenvalue weighted by atomic mass is 9.86. The normalized spacial score (nSPS) is 15.4. The van der Waals surface area contributed by atoms with E-state index in [2.05, 4.69) is 68.4 Å². The van der Waals surface area contributed by atoms with Crippen LogP contribution in [0.4, 0.5) is 5.69 Å². The second kappa shape index (κ2) is 9.47. The van der Waals surface area contributed by atoms with Crippen LogP contribution in [-0.4, -0.2) is 19.1 Å². The topological polar surface area (TPSA) is 38.8 Å². The number of carbonyl (C=O) groups excluding carboxylic acids is 1. The number of aryl methyl sites for hydroxylation is 2. The number of rotatable bonds is 7. The van der Waals surface area contributed by atoms with E-state index in [-0.39, 0.29) is 11.9 Å². The standard InChI is InChI=1S/C28H31NO3/c1-5-20-11-13-23(14-12-20)29-27(30)17-22-16-25(31-6-2)26(32-7-3)18-24(22)28(29)21-10-8-9-19(4)15-21/h8-16,18,28H,5-7,17H2,1-4H3/t28-/m1/s1. The Morgan fingerprint density at radius 2 is 1.59 bits per heavy atom. The van der Waals surface area contributed by atoms with Crippen molar-refractivity contribution in [1.29, 1.82) is 0 Å². The van der Waals surface area contributed by atoms with E-state index in [1.54, 1.807) is 0 Å². The van der Waals surface area contributed by atoms with Crippen LogP contribution in [0.5, 0.6) is 11.5 Å². The van der Waals surface area contributed by atoms with E-state index >= 15 is 0 Å². The number of anilines is 1. The molecule has 1 atom stereocenters. The molecule has 1 heterocycles. The van der Waals surface area contributed by atoms with Crippen molar-refractivity contribution < 1.29 is 14.3 Å². The Morgan fingerprint density at radius 3 is 2.22 bits per heavy atom. The fourth-order valence-electron chi connectivity index (χ4n) is 4.45. The minimum Gasteiger partial charge on any atom is -0.490 e. The molecular formula is C28H31NO3. The van der Waals surface area contributed by atoms with Gasteiger partial charge in [-0.15, -0.1) is 0 Å². The van der Waals surface area contributed by atoms with Gasteiger partial charge < -0.3 is 14.4 Å². The lowest BCUT2D eigenvalue weighted by Gasteiger charge is -2.38. The maximum absolute atomic E-state index is 13.5. The highest BCUT2D eigenvalue weighted by molar-refractivity contribution is 5.98. The molecule has 3 aromatic rings. The monoisotopic (exact) mass is 429 g/mol. The van der Waals surface area contributed by atoms with Crippen molar-refractivity contribution in [3.05, 3.63) is 88.5 Å². The summed E-state index contributed by atoms with van der Waals surface area (Å²) in [5.41, 5.74) is 6.50. The van der Waals surface area contributed by atoms with Gasteiger partial charge in [-0.25, -0.2) is 0 Å². The van der Waals surface area contributed by atoms with E-state index in [1.807, 2.05) is 24.8 Å². The molecule has 1 aliphatic heterocycles. The molecule has 0 saturated heterocycles. The third-order valence-electron chi connectivity index (χ3n) is 5.95. The minimum absolute atomic E-state index is 0.0832. The Balaban J connectivity index is 1.91. The first kappa shape index (κ1) is 21.9. The molecule has 4 heteroatoms. The SMILES string of the molecule is CCOc1cc2c(cc1OCC)[C@@H](c1cccc(C)c1)N(c1ccc(CC)cc1)C(=O)C2. The zero-order chi connectivity index (χ0) is 22.7. The van der Waals surface area contributed by atoms with Crippen LogP contribution < -0.4 is 14.4 Å². The minimum atomic E-state index is -0.228. The largest absolute Gasteiger partial charge is 0.490 e. The summed E-state index contributed by atoms with van der Waals surface area (Å²) in [5, 5.41) is 0. The predicted molar refractivity (Wildman–Crippen MR) is 129 cm³/mol. The third kappa shape index (κ3) is 4.22. The van der Waals surface area contributed by atoms with Crippen LogP contribution in [-0.2, 0) is 17.6 Å². The Bertz CT molecular complexity index is 1100. The van der Waals surface area contributed by atoms with E-state index in [1.165, 1.54) is 11.1 Å². The van der Waals surface area contributed by atoms with Crippen LogP contribution in [0, 0.1) is 6.92 Å². The first-order chi connectivity index (χ1) is 15.5. The van der Waals surface area contributed by atoms with Crippen molar-refractivity contribution in [2.45, 2.75) is 46.6 Å². The van der Waals surface area contributed by atoms with Gasteiger partial charge in [-0.2, -0.15) is 0 Å². The smallest absolute Gasteiger partial charge is 0.232 e. The number of nitrogens with zero attached hydrogens (tertiary/aromatic N) is 1. The summed E-state index contributed by atoms with van der Waals surface area (Å²) in [6, 6.07) is 20.6. The molecule has 0 bridgehead atoms. The van der Waals surface area contributed by atoms with Gasteiger partial charge in [-0.05, 0) is 73.7 Å². The van der Waals surface area contributed by atoms with Crippen molar-refractivity contribution in [2.75, 3.05) is 18.1 Å². The molecule has 1 aliphatic rings. The number of hydrogen-bond donors (Lipinski definition) is 0. The fraction of sp³-hybridized carbons (Fsp3) is 0.321.